The number of piperidine rings is 1. The minimum Gasteiger partial charge on any atom is -0.466 e. The lowest BCUT2D eigenvalue weighted by Crippen LogP contribution is -2.41. The Morgan fingerprint density at radius 3 is 2.56 bits per heavy atom. The second kappa shape index (κ2) is 7.18. The van der Waals surface area contributed by atoms with Gasteiger partial charge in [-0.15, -0.1) is 0 Å². The molecule has 102 valence electrons. The monoisotopic (exact) mass is 253 g/mol. The lowest BCUT2D eigenvalue weighted by atomic mass is 10.0. The average Bonchev–Trinajstić information content (AvgIpc) is 2.39. The van der Waals surface area contributed by atoms with Crippen LogP contribution in [-0.2, 0) is 9.53 Å². The van der Waals surface area contributed by atoms with Crippen molar-refractivity contribution in [3.8, 4) is 0 Å². The van der Waals surface area contributed by atoms with Crippen LogP contribution in [0.2, 0.25) is 0 Å². The van der Waals surface area contributed by atoms with Crippen molar-refractivity contribution in [2.45, 2.75) is 25.8 Å². The van der Waals surface area contributed by atoms with Crippen molar-refractivity contribution in [3.05, 3.63) is 23.4 Å². The molecule has 0 aromatic rings. The van der Waals surface area contributed by atoms with Gasteiger partial charge in [0.15, 0.2) is 0 Å². The summed E-state index contributed by atoms with van der Waals surface area (Å²) in [5.74, 6) is -0.300. The van der Waals surface area contributed by atoms with E-state index in [9.17, 15) is 4.79 Å². The van der Waals surface area contributed by atoms with Gasteiger partial charge in [0, 0.05) is 12.6 Å². The van der Waals surface area contributed by atoms with Gasteiger partial charge in [0.1, 0.15) is 0 Å². The molecule has 1 aliphatic heterocycles. The predicted octanol–water partition coefficient (Wildman–Crippen LogP) is 0.371. The third-order valence-electron chi connectivity index (χ3n) is 3.14. The summed E-state index contributed by atoms with van der Waals surface area (Å²) in [6, 6.07) is 0.289. The van der Waals surface area contributed by atoms with Crippen molar-refractivity contribution >= 4 is 5.97 Å². The van der Waals surface area contributed by atoms with Gasteiger partial charge in [-0.2, -0.15) is 0 Å². The molecule has 0 aromatic heterocycles. The van der Waals surface area contributed by atoms with Gasteiger partial charge < -0.3 is 16.2 Å². The highest BCUT2D eigenvalue weighted by Gasteiger charge is 2.19. The van der Waals surface area contributed by atoms with Crippen LogP contribution >= 0.6 is 0 Å². The number of allylic oxidation sites excluding steroid dienone is 2. The maximum absolute atomic E-state index is 11.7. The molecule has 4 N–H and O–H groups in total. The number of likely N-dealkylation sites (tertiary alicyclic amines) is 1. The van der Waals surface area contributed by atoms with Gasteiger partial charge in [-0.05, 0) is 50.7 Å². The Hall–Kier alpha value is -1.33. The number of esters is 1. The van der Waals surface area contributed by atoms with Crippen molar-refractivity contribution in [1.29, 1.82) is 0 Å². The molecule has 0 unspecified atom stereocenters. The van der Waals surface area contributed by atoms with Crippen LogP contribution in [0.25, 0.3) is 0 Å². The Morgan fingerprint density at radius 2 is 2.06 bits per heavy atom. The molecular weight excluding hydrogens is 230 g/mol. The zero-order valence-electron chi connectivity index (χ0n) is 11.2. The predicted molar refractivity (Wildman–Crippen MR) is 71.7 cm³/mol. The highest BCUT2D eigenvalue weighted by molar-refractivity contribution is 5.89. The summed E-state index contributed by atoms with van der Waals surface area (Å²) in [7, 11) is 1.39. The van der Waals surface area contributed by atoms with E-state index in [4.69, 9.17) is 16.2 Å². The Labute approximate surface area is 108 Å². The number of nitrogens with zero attached hydrogens (tertiary/aromatic N) is 1. The van der Waals surface area contributed by atoms with E-state index in [0.29, 0.717) is 12.1 Å². The number of nitrogens with two attached hydrogens (primary N) is 2. The number of rotatable bonds is 4. The van der Waals surface area contributed by atoms with Crippen molar-refractivity contribution in [1.82, 2.24) is 4.90 Å². The normalized spacial score (nSPS) is 19.9. The maximum Gasteiger partial charge on any atom is 0.335 e. The Bertz CT molecular complexity index is 342. The number of methoxy groups -OCH3 is 1. The average molecular weight is 253 g/mol. The zero-order chi connectivity index (χ0) is 13.5. The third kappa shape index (κ3) is 4.50. The van der Waals surface area contributed by atoms with E-state index in [1.807, 2.05) is 6.92 Å². The van der Waals surface area contributed by atoms with Crippen LogP contribution in [-0.4, -0.2) is 43.7 Å². The molecular formula is C13H23N3O2. The van der Waals surface area contributed by atoms with Crippen LogP contribution in [0.1, 0.15) is 19.8 Å². The molecule has 0 aliphatic carbocycles. The van der Waals surface area contributed by atoms with Gasteiger partial charge in [-0.1, -0.05) is 0 Å². The fraction of sp³-hybridized carbons (Fsp3) is 0.615. The van der Waals surface area contributed by atoms with Crippen LogP contribution < -0.4 is 11.5 Å². The first-order chi connectivity index (χ1) is 8.56. The topological polar surface area (TPSA) is 81.6 Å². The van der Waals surface area contributed by atoms with E-state index >= 15 is 0 Å². The molecule has 0 spiro atoms. The van der Waals surface area contributed by atoms with Gasteiger partial charge in [0.05, 0.1) is 12.7 Å². The number of hydrogen-bond acceptors (Lipinski definition) is 5. The fourth-order valence-electron chi connectivity index (χ4n) is 1.98. The molecule has 1 rings (SSSR count). The van der Waals surface area contributed by atoms with Crippen LogP contribution in [0, 0.1) is 0 Å². The van der Waals surface area contributed by atoms with Crippen molar-refractivity contribution < 1.29 is 9.53 Å². The first-order valence-corrected chi connectivity index (χ1v) is 6.22. The summed E-state index contributed by atoms with van der Waals surface area (Å²) in [4.78, 5) is 13.9. The van der Waals surface area contributed by atoms with Crippen molar-refractivity contribution in [2.24, 2.45) is 11.5 Å². The molecule has 1 saturated heterocycles. The summed E-state index contributed by atoms with van der Waals surface area (Å²) in [6.07, 6.45) is 5.20. The van der Waals surface area contributed by atoms with E-state index in [0.717, 1.165) is 31.5 Å². The summed E-state index contributed by atoms with van der Waals surface area (Å²) < 4.78 is 4.79. The van der Waals surface area contributed by atoms with E-state index in [-0.39, 0.29) is 12.0 Å². The lowest BCUT2D eigenvalue weighted by molar-refractivity contribution is -0.136. The summed E-state index contributed by atoms with van der Waals surface area (Å²) >= 11 is 0. The number of carbonyl (C=O) groups is 1. The number of carbonyl (C=O) groups excluding carboxylic acids is 1. The fourth-order valence-corrected chi connectivity index (χ4v) is 1.98. The molecule has 0 amide bonds. The van der Waals surface area contributed by atoms with E-state index in [2.05, 4.69) is 4.90 Å². The molecule has 0 bridgehead atoms. The van der Waals surface area contributed by atoms with Crippen LogP contribution in [0.4, 0.5) is 0 Å². The quantitative estimate of drug-likeness (QED) is 0.430. The Kier molecular flexibility index (Phi) is 5.88. The SMILES string of the molecule is COC(=O)/C(=C/C(C)=C\N)CN1CCC(N)CC1. The van der Waals surface area contributed by atoms with Gasteiger partial charge in [0.2, 0.25) is 0 Å². The van der Waals surface area contributed by atoms with Gasteiger partial charge in [-0.3, -0.25) is 4.90 Å². The van der Waals surface area contributed by atoms with E-state index < -0.39 is 0 Å². The van der Waals surface area contributed by atoms with Crippen LogP contribution in [0.3, 0.4) is 0 Å². The van der Waals surface area contributed by atoms with Crippen molar-refractivity contribution in [3.63, 3.8) is 0 Å². The van der Waals surface area contributed by atoms with Gasteiger partial charge in [-0.25, -0.2) is 4.79 Å². The lowest BCUT2D eigenvalue weighted by Gasteiger charge is -2.30. The standard InChI is InChI=1S/C13H23N3O2/c1-10(8-14)7-11(13(17)18-2)9-16-5-3-12(15)4-6-16/h7-8,12H,3-6,9,14-15H2,1-2H3/b10-8-,11-7+. The maximum atomic E-state index is 11.7. The molecule has 18 heavy (non-hydrogen) atoms. The minimum absolute atomic E-state index is 0.289. The molecule has 0 saturated carbocycles. The highest BCUT2D eigenvalue weighted by Crippen LogP contribution is 2.12. The van der Waals surface area contributed by atoms with E-state index in [1.54, 1.807) is 6.08 Å². The largest absolute Gasteiger partial charge is 0.466 e. The highest BCUT2D eigenvalue weighted by atomic mass is 16.5. The number of ether oxygens (including phenoxy) is 1. The molecule has 0 radical (unpaired) electrons. The molecule has 1 fully saturated rings. The Morgan fingerprint density at radius 1 is 1.44 bits per heavy atom. The first kappa shape index (κ1) is 14.7. The smallest absolute Gasteiger partial charge is 0.335 e. The van der Waals surface area contributed by atoms with Crippen LogP contribution in [0.15, 0.2) is 23.4 Å². The second-order valence-corrected chi connectivity index (χ2v) is 4.69. The summed E-state index contributed by atoms with van der Waals surface area (Å²) in [6.45, 7) is 4.28. The molecule has 5 nitrogen and oxygen atoms in total. The zero-order valence-corrected chi connectivity index (χ0v) is 11.2. The van der Waals surface area contributed by atoms with Crippen molar-refractivity contribution in [2.75, 3.05) is 26.7 Å². The third-order valence-corrected chi connectivity index (χ3v) is 3.14. The molecule has 1 aliphatic rings. The second-order valence-electron chi connectivity index (χ2n) is 4.69. The van der Waals surface area contributed by atoms with Crippen LogP contribution in [0.5, 0.6) is 0 Å². The number of hydrogen-bond donors (Lipinski definition) is 2. The first-order valence-electron chi connectivity index (χ1n) is 6.22. The van der Waals surface area contributed by atoms with E-state index in [1.165, 1.54) is 13.3 Å². The molecule has 0 aromatic carbocycles. The molecule has 1 heterocycles. The van der Waals surface area contributed by atoms with Gasteiger partial charge >= 0.3 is 5.97 Å². The summed E-state index contributed by atoms with van der Waals surface area (Å²) in [5.41, 5.74) is 12.8. The summed E-state index contributed by atoms with van der Waals surface area (Å²) in [5, 5.41) is 0. The Balaban J connectivity index is 2.67. The molecule has 0 atom stereocenters. The molecule has 5 heteroatoms. The minimum atomic E-state index is -0.300. The van der Waals surface area contributed by atoms with Gasteiger partial charge in [0.25, 0.3) is 0 Å².